The minimum Gasteiger partial charge on any atom is -0.349 e. The number of benzene rings is 1. The van der Waals surface area contributed by atoms with Gasteiger partial charge < -0.3 is 5.32 Å². The van der Waals surface area contributed by atoms with Crippen LogP contribution >= 0.6 is 0 Å². The van der Waals surface area contributed by atoms with E-state index in [0.717, 1.165) is 12.8 Å². The van der Waals surface area contributed by atoms with Crippen molar-refractivity contribution < 1.29 is 13.2 Å². The highest BCUT2D eigenvalue weighted by molar-refractivity contribution is 7.89. The molecule has 3 N–H and O–H groups in total. The van der Waals surface area contributed by atoms with Gasteiger partial charge in [0.25, 0.3) is 5.91 Å². The normalized spacial score (nSPS) is 15.4. The Morgan fingerprint density at radius 2 is 2.11 bits per heavy atom. The SMILES string of the molecule is CCc1ccc(C(=O)NC2CC2)cc1S(N)(=O)=O. The van der Waals surface area contributed by atoms with Gasteiger partial charge in [-0.3, -0.25) is 4.79 Å². The number of rotatable bonds is 4. The first-order valence-electron chi connectivity index (χ1n) is 5.88. The molecule has 1 amide bonds. The zero-order valence-electron chi connectivity index (χ0n) is 10.1. The Labute approximate surface area is 106 Å². The topological polar surface area (TPSA) is 89.3 Å². The smallest absolute Gasteiger partial charge is 0.251 e. The Balaban J connectivity index is 2.35. The summed E-state index contributed by atoms with van der Waals surface area (Å²) >= 11 is 0. The lowest BCUT2D eigenvalue weighted by Crippen LogP contribution is -2.26. The lowest BCUT2D eigenvalue weighted by atomic mass is 10.1. The summed E-state index contributed by atoms with van der Waals surface area (Å²) in [5.74, 6) is -0.245. The van der Waals surface area contributed by atoms with Crippen molar-refractivity contribution in [3.8, 4) is 0 Å². The van der Waals surface area contributed by atoms with Gasteiger partial charge in [0.1, 0.15) is 0 Å². The lowest BCUT2D eigenvalue weighted by molar-refractivity contribution is 0.0951. The predicted octanol–water partition coefficient (Wildman–Crippen LogP) is 0.789. The van der Waals surface area contributed by atoms with Crippen molar-refractivity contribution in [2.24, 2.45) is 5.14 Å². The van der Waals surface area contributed by atoms with Crippen LogP contribution in [0.3, 0.4) is 0 Å². The van der Waals surface area contributed by atoms with E-state index in [0.29, 0.717) is 17.5 Å². The quantitative estimate of drug-likeness (QED) is 0.846. The summed E-state index contributed by atoms with van der Waals surface area (Å²) in [4.78, 5) is 11.9. The number of hydrogen-bond donors (Lipinski definition) is 2. The van der Waals surface area contributed by atoms with E-state index >= 15 is 0 Å². The Hall–Kier alpha value is -1.40. The highest BCUT2D eigenvalue weighted by Crippen LogP contribution is 2.21. The molecule has 1 aliphatic rings. The monoisotopic (exact) mass is 268 g/mol. The van der Waals surface area contributed by atoms with Crippen LogP contribution in [0.25, 0.3) is 0 Å². The van der Waals surface area contributed by atoms with E-state index in [9.17, 15) is 13.2 Å². The van der Waals surface area contributed by atoms with Gasteiger partial charge in [-0.1, -0.05) is 13.0 Å². The Morgan fingerprint density at radius 3 is 2.61 bits per heavy atom. The third-order valence-corrected chi connectivity index (χ3v) is 3.92. The Kier molecular flexibility index (Phi) is 3.41. The van der Waals surface area contributed by atoms with Crippen LogP contribution in [0.1, 0.15) is 35.7 Å². The summed E-state index contributed by atoms with van der Waals surface area (Å²) in [6.45, 7) is 1.84. The predicted molar refractivity (Wildman–Crippen MR) is 67.7 cm³/mol. The molecule has 0 aromatic heterocycles. The molecule has 0 aliphatic heterocycles. The summed E-state index contributed by atoms with van der Waals surface area (Å²) in [6, 6.07) is 4.86. The van der Waals surface area contributed by atoms with Crippen LogP contribution in [0.15, 0.2) is 23.1 Å². The first kappa shape index (κ1) is 13.0. The molecule has 0 unspecified atom stereocenters. The van der Waals surface area contributed by atoms with Crippen LogP contribution in [-0.4, -0.2) is 20.4 Å². The van der Waals surface area contributed by atoms with Crippen LogP contribution < -0.4 is 10.5 Å². The molecule has 0 radical (unpaired) electrons. The average Bonchev–Trinajstić information content (AvgIpc) is 3.11. The Morgan fingerprint density at radius 1 is 1.44 bits per heavy atom. The van der Waals surface area contributed by atoms with E-state index in [2.05, 4.69) is 5.32 Å². The number of carbonyl (C=O) groups is 1. The standard InChI is InChI=1S/C12H16N2O3S/c1-2-8-3-4-9(7-11(8)18(13,16)17)12(15)14-10-5-6-10/h3-4,7,10H,2,5-6H2,1H3,(H,14,15)(H2,13,16,17). The van der Waals surface area contributed by atoms with Gasteiger partial charge in [0.15, 0.2) is 0 Å². The maximum absolute atomic E-state index is 11.8. The molecule has 18 heavy (non-hydrogen) atoms. The molecule has 5 nitrogen and oxygen atoms in total. The number of aryl methyl sites for hydroxylation is 1. The first-order chi connectivity index (χ1) is 8.41. The van der Waals surface area contributed by atoms with E-state index < -0.39 is 10.0 Å². The summed E-state index contributed by atoms with van der Waals surface area (Å²) < 4.78 is 22.9. The molecule has 0 spiro atoms. The molecule has 0 atom stereocenters. The van der Waals surface area contributed by atoms with Crippen molar-refractivity contribution in [2.45, 2.75) is 37.1 Å². The second-order valence-electron chi connectivity index (χ2n) is 4.47. The minimum atomic E-state index is -3.79. The third kappa shape index (κ3) is 2.88. The molecule has 0 bridgehead atoms. The van der Waals surface area contributed by atoms with Gasteiger partial charge in [0.2, 0.25) is 10.0 Å². The zero-order valence-corrected chi connectivity index (χ0v) is 11.0. The summed E-state index contributed by atoms with van der Waals surface area (Å²) in [5.41, 5.74) is 0.962. The van der Waals surface area contributed by atoms with Gasteiger partial charge in [0, 0.05) is 11.6 Å². The largest absolute Gasteiger partial charge is 0.349 e. The number of sulfonamides is 1. The van der Waals surface area contributed by atoms with Gasteiger partial charge in [-0.15, -0.1) is 0 Å². The van der Waals surface area contributed by atoms with Gasteiger partial charge in [0.05, 0.1) is 4.90 Å². The average molecular weight is 268 g/mol. The number of carbonyl (C=O) groups excluding carboxylic acids is 1. The van der Waals surface area contributed by atoms with Crippen molar-refractivity contribution in [2.75, 3.05) is 0 Å². The number of primary sulfonamides is 1. The number of nitrogens with two attached hydrogens (primary N) is 1. The van der Waals surface area contributed by atoms with E-state index in [-0.39, 0.29) is 16.8 Å². The second-order valence-corrected chi connectivity index (χ2v) is 6.00. The molecular weight excluding hydrogens is 252 g/mol. The van der Waals surface area contributed by atoms with Crippen molar-refractivity contribution >= 4 is 15.9 Å². The van der Waals surface area contributed by atoms with Gasteiger partial charge >= 0.3 is 0 Å². The molecule has 1 saturated carbocycles. The molecule has 1 aromatic rings. The fourth-order valence-corrected chi connectivity index (χ4v) is 2.62. The molecule has 98 valence electrons. The van der Waals surface area contributed by atoms with Gasteiger partial charge in [-0.05, 0) is 37.0 Å². The lowest BCUT2D eigenvalue weighted by Gasteiger charge is -2.09. The minimum absolute atomic E-state index is 0.0356. The van der Waals surface area contributed by atoms with Gasteiger partial charge in [-0.2, -0.15) is 0 Å². The summed E-state index contributed by atoms with van der Waals surface area (Å²) in [7, 11) is -3.79. The third-order valence-electron chi connectivity index (χ3n) is 2.93. The van der Waals surface area contributed by atoms with Crippen LogP contribution in [0.4, 0.5) is 0 Å². The molecule has 6 heteroatoms. The van der Waals surface area contributed by atoms with Crippen molar-refractivity contribution in [1.82, 2.24) is 5.32 Å². The van der Waals surface area contributed by atoms with Gasteiger partial charge in [-0.25, -0.2) is 13.6 Å². The van der Waals surface area contributed by atoms with Crippen LogP contribution in [0.5, 0.6) is 0 Å². The first-order valence-corrected chi connectivity index (χ1v) is 7.43. The zero-order chi connectivity index (χ0) is 13.3. The molecule has 0 heterocycles. The molecule has 1 aliphatic carbocycles. The Bertz CT molecular complexity index is 577. The fraction of sp³-hybridized carbons (Fsp3) is 0.417. The van der Waals surface area contributed by atoms with E-state index in [1.54, 1.807) is 12.1 Å². The number of amides is 1. The van der Waals surface area contributed by atoms with E-state index in [1.807, 2.05) is 6.92 Å². The van der Waals surface area contributed by atoms with Crippen molar-refractivity contribution in [3.05, 3.63) is 29.3 Å². The van der Waals surface area contributed by atoms with Crippen LogP contribution in [-0.2, 0) is 16.4 Å². The molecule has 1 aromatic carbocycles. The molecular formula is C12H16N2O3S. The maximum atomic E-state index is 11.8. The van der Waals surface area contributed by atoms with E-state index in [4.69, 9.17) is 5.14 Å². The summed E-state index contributed by atoms with van der Waals surface area (Å²) in [6.07, 6.45) is 2.53. The van der Waals surface area contributed by atoms with Crippen LogP contribution in [0.2, 0.25) is 0 Å². The second kappa shape index (κ2) is 4.70. The van der Waals surface area contributed by atoms with Crippen molar-refractivity contribution in [1.29, 1.82) is 0 Å². The molecule has 1 fully saturated rings. The summed E-state index contributed by atoms with van der Waals surface area (Å²) in [5, 5.41) is 7.97. The highest BCUT2D eigenvalue weighted by Gasteiger charge is 2.24. The number of nitrogens with one attached hydrogen (secondary N) is 1. The van der Waals surface area contributed by atoms with Crippen molar-refractivity contribution in [3.63, 3.8) is 0 Å². The highest BCUT2D eigenvalue weighted by atomic mass is 32.2. The molecule has 2 rings (SSSR count). The number of hydrogen-bond acceptors (Lipinski definition) is 3. The maximum Gasteiger partial charge on any atom is 0.251 e. The molecule has 0 saturated heterocycles. The van der Waals surface area contributed by atoms with E-state index in [1.165, 1.54) is 6.07 Å². The fourth-order valence-electron chi connectivity index (χ4n) is 1.75. The van der Waals surface area contributed by atoms with Crippen LogP contribution in [0, 0.1) is 0 Å².